The lowest BCUT2D eigenvalue weighted by molar-refractivity contribution is -0.159. The molecule has 0 aromatic heterocycles. The van der Waals surface area contributed by atoms with E-state index in [1.54, 1.807) is 0 Å². The maximum Gasteiger partial charge on any atom is 0.321 e. The molecular weight excluding hydrogens is 364 g/mol. The number of hydrogen-bond acceptors (Lipinski definition) is 2. The first kappa shape index (κ1) is 17.4. The molecule has 3 aliphatic carbocycles. The SMILES string of the molecule is O=C1N(C23CCC(C(=O)O)(CC2)CC3)CC2(c3cccc(Cl)c3)CCCN12. The number of urea groups is 1. The van der Waals surface area contributed by atoms with Crippen molar-refractivity contribution in [2.75, 3.05) is 13.1 Å². The quantitative estimate of drug-likeness (QED) is 0.842. The molecule has 1 atom stereocenters. The number of aliphatic carboxylic acids is 1. The fourth-order valence-electron chi connectivity index (χ4n) is 6.23. The summed E-state index contributed by atoms with van der Waals surface area (Å²) in [5.41, 5.74) is 0.136. The van der Waals surface area contributed by atoms with Crippen molar-refractivity contribution in [2.24, 2.45) is 5.41 Å². The van der Waals surface area contributed by atoms with E-state index < -0.39 is 11.4 Å². The van der Waals surface area contributed by atoms with Crippen molar-refractivity contribution in [3.63, 3.8) is 0 Å². The van der Waals surface area contributed by atoms with E-state index in [1.807, 2.05) is 18.2 Å². The van der Waals surface area contributed by atoms with Crippen molar-refractivity contribution < 1.29 is 14.7 Å². The predicted octanol–water partition coefficient (Wildman–Crippen LogP) is 4.24. The number of fused-ring (bicyclic) bond motifs is 4. The lowest BCUT2D eigenvalue weighted by Gasteiger charge is -2.55. The van der Waals surface area contributed by atoms with Crippen LogP contribution in [0.2, 0.25) is 5.02 Å². The summed E-state index contributed by atoms with van der Waals surface area (Å²) in [6, 6.07) is 8.08. The van der Waals surface area contributed by atoms with E-state index in [1.165, 1.54) is 0 Å². The van der Waals surface area contributed by atoms with Crippen molar-refractivity contribution in [2.45, 2.75) is 62.4 Å². The van der Waals surface area contributed by atoms with Gasteiger partial charge in [-0.2, -0.15) is 0 Å². The zero-order chi connectivity index (χ0) is 18.9. The number of carboxylic acids is 1. The van der Waals surface area contributed by atoms with Gasteiger partial charge in [0.1, 0.15) is 0 Å². The van der Waals surface area contributed by atoms with Gasteiger partial charge in [0.05, 0.1) is 17.5 Å². The minimum atomic E-state index is -0.653. The molecule has 2 saturated heterocycles. The molecular formula is C21H25ClN2O3. The third-order valence-corrected chi connectivity index (χ3v) is 8.20. The van der Waals surface area contributed by atoms with Crippen LogP contribution in [0.25, 0.3) is 0 Å². The summed E-state index contributed by atoms with van der Waals surface area (Å²) in [5.74, 6) is -0.653. The van der Waals surface area contributed by atoms with Gasteiger partial charge < -0.3 is 14.9 Å². The molecule has 5 nitrogen and oxygen atoms in total. The summed E-state index contributed by atoms with van der Waals surface area (Å²) in [6.07, 6.45) is 6.48. The number of carbonyl (C=O) groups is 2. The standard InChI is InChI=1S/C21H25ClN2O3/c22-16-4-1-3-15(13-16)21-5-2-12-23(21)18(27)24(14-21)20-9-6-19(7-10-20,8-11-20)17(25)26/h1,3-4,13H,2,5-12,14H2,(H,25,26). The average Bonchev–Trinajstić information content (AvgIpc) is 3.23. The first-order valence-corrected chi connectivity index (χ1v) is 10.4. The van der Waals surface area contributed by atoms with Gasteiger partial charge in [-0.25, -0.2) is 4.79 Å². The first-order chi connectivity index (χ1) is 12.9. The van der Waals surface area contributed by atoms with Crippen molar-refractivity contribution in [1.82, 2.24) is 9.80 Å². The summed E-state index contributed by atoms with van der Waals surface area (Å²) in [6.45, 7) is 1.49. The molecule has 2 amide bonds. The number of halogens is 1. The Morgan fingerprint density at radius 2 is 1.74 bits per heavy atom. The van der Waals surface area contributed by atoms with E-state index >= 15 is 0 Å². The van der Waals surface area contributed by atoms with Gasteiger partial charge in [-0.15, -0.1) is 0 Å². The van der Waals surface area contributed by atoms with Crippen molar-refractivity contribution in [1.29, 1.82) is 0 Å². The van der Waals surface area contributed by atoms with Crippen LogP contribution in [0.4, 0.5) is 4.79 Å². The van der Waals surface area contributed by atoms with Crippen molar-refractivity contribution >= 4 is 23.6 Å². The van der Waals surface area contributed by atoms with Crippen LogP contribution in [0, 0.1) is 5.41 Å². The topological polar surface area (TPSA) is 60.9 Å². The molecule has 1 unspecified atom stereocenters. The normalized spacial score (nSPS) is 37.7. The maximum atomic E-state index is 13.4. The fourth-order valence-corrected chi connectivity index (χ4v) is 6.42. The molecule has 0 spiro atoms. The summed E-state index contributed by atoms with van der Waals surface area (Å²) >= 11 is 6.27. The number of nitrogens with zero attached hydrogens (tertiary/aromatic N) is 2. The van der Waals surface area contributed by atoms with Crippen LogP contribution in [0.5, 0.6) is 0 Å². The minimum Gasteiger partial charge on any atom is -0.481 e. The third-order valence-electron chi connectivity index (χ3n) is 7.97. The Hall–Kier alpha value is -1.75. The molecule has 27 heavy (non-hydrogen) atoms. The summed E-state index contributed by atoms with van der Waals surface area (Å²) in [4.78, 5) is 29.4. The Morgan fingerprint density at radius 1 is 1.04 bits per heavy atom. The second-order valence-electron chi connectivity index (χ2n) is 8.98. The summed E-state index contributed by atoms with van der Waals surface area (Å²) < 4.78 is 0. The van der Waals surface area contributed by atoms with Gasteiger partial charge in [-0.1, -0.05) is 23.7 Å². The first-order valence-electron chi connectivity index (χ1n) is 10.00. The van der Waals surface area contributed by atoms with E-state index in [-0.39, 0.29) is 17.1 Å². The Bertz CT molecular complexity index is 801. The number of hydrogen-bond donors (Lipinski definition) is 1. The van der Waals surface area contributed by atoms with Crippen LogP contribution in [0.1, 0.15) is 56.9 Å². The lowest BCUT2D eigenvalue weighted by Crippen LogP contribution is -2.59. The van der Waals surface area contributed by atoms with Crippen LogP contribution in [0.3, 0.4) is 0 Å². The molecule has 5 aliphatic rings. The molecule has 0 radical (unpaired) electrons. The van der Waals surface area contributed by atoms with E-state index in [2.05, 4.69) is 15.9 Å². The van der Waals surface area contributed by atoms with Gasteiger partial charge in [-0.05, 0) is 69.1 Å². The van der Waals surface area contributed by atoms with Crippen LogP contribution in [-0.4, -0.2) is 45.5 Å². The molecule has 2 bridgehead atoms. The fraction of sp³-hybridized carbons (Fsp3) is 0.619. The lowest BCUT2D eigenvalue weighted by atomic mass is 9.56. The van der Waals surface area contributed by atoms with Gasteiger partial charge in [0.25, 0.3) is 0 Å². The Kier molecular flexibility index (Phi) is 3.62. The molecule has 6 heteroatoms. The zero-order valence-corrected chi connectivity index (χ0v) is 16.2. The highest BCUT2D eigenvalue weighted by molar-refractivity contribution is 6.30. The van der Waals surface area contributed by atoms with Gasteiger partial charge in [0, 0.05) is 17.1 Å². The van der Waals surface area contributed by atoms with Crippen molar-refractivity contribution in [3.8, 4) is 0 Å². The van der Waals surface area contributed by atoms with E-state index in [0.29, 0.717) is 30.8 Å². The smallest absolute Gasteiger partial charge is 0.321 e. The molecule has 2 aliphatic heterocycles. The number of rotatable bonds is 3. The van der Waals surface area contributed by atoms with E-state index in [4.69, 9.17) is 11.6 Å². The molecule has 1 aromatic carbocycles. The van der Waals surface area contributed by atoms with Gasteiger partial charge >= 0.3 is 12.0 Å². The third kappa shape index (κ3) is 2.24. The Morgan fingerprint density at radius 3 is 2.37 bits per heavy atom. The number of carboxylic acid groups (broad SMARTS) is 1. The second kappa shape index (κ2) is 5.63. The van der Waals surface area contributed by atoms with Gasteiger partial charge in [-0.3, -0.25) is 4.79 Å². The molecule has 2 heterocycles. The predicted molar refractivity (Wildman–Crippen MR) is 102 cm³/mol. The van der Waals surface area contributed by atoms with Crippen LogP contribution >= 0.6 is 11.6 Å². The number of amides is 2. The highest BCUT2D eigenvalue weighted by atomic mass is 35.5. The zero-order valence-electron chi connectivity index (χ0n) is 15.4. The van der Waals surface area contributed by atoms with Crippen LogP contribution < -0.4 is 0 Å². The Labute approximate surface area is 164 Å². The van der Waals surface area contributed by atoms with Crippen molar-refractivity contribution in [3.05, 3.63) is 34.9 Å². The maximum absolute atomic E-state index is 13.4. The molecule has 144 valence electrons. The molecule has 1 N–H and O–H groups in total. The van der Waals surface area contributed by atoms with E-state index in [9.17, 15) is 14.7 Å². The molecule has 6 rings (SSSR count). The summed E-state index contributed by atoms with van der Waals surface area (Å²) in [5, 5.41) is 10.4. The largest absolute Gasteiger partial charge is 0.481 e. The van der Waals surface area contributed by atoms with Crippen LogP contribution in [0.15, 0.2) is 24.3 Å². The summed E-state index contributed by atoms with van der Waals surface area (Å²) in [7, 11) is 0. The second-order valence-corrected chi connectivity index (χ2v) is 9.41. The minimum absolute atomic E-state index is 0.136. The molecule has 3 saturated carbocycles. The Balaban J connectivity index is 1.48. The molecule has 5 fully saturated rings. The number of benzene rings is 1. The average molecular weight is 389 g/mol. The number of carbonyl (C=O) groups excluding carboxylic acids is 1. The highest BCUT2D eigenvalue weighted by Crippen LogP contribution is 2.57. The molecule has 1 aromatic rings. The highest BCUT2D eigenvalue weighted by Gasteiger charge is 2.62. The monoisotopic (exact) mass is 388 g/mol. The van der Waals surface area contributed by atoms with Gasteiger partial charge in [0.2, 0.25) is 0 Å². The van der Waals surface area contributed by atoms with Gasteiger partial charge in [0.15, 0.2) is 0 Å². The van der Waals surface area contributed by atoms with Crippen LogP contribution in [-0.2, 0) is 10.3 Å². The van der Waals surface area contributed by atoms with E-state index in [0.717, 1.165) is 44.2 Å².